The highest BCUT2D eigenvalue weighted by molar-refractivity contribution is 6.17. The first kappa shape index (κ1) is 23.6. The molecule has 0 atom stereocenters. The Labute approximate surface area is 150 Å². The third-order valence-electron chi connectivity index (χ3n) is 2.98. The average molecular weight is 369 g/mol. The second kappa shape index (κ2) is 20.6. The van der Waals surface area contributed by atoms with Crippen LogP contribution < -0.4 is 11.1 Å². The fourth-order valence-electron chi connectivity index (χ4n) is 1.76. The molecule has 0 saturated carbocycles. The van der Waals surface area contributed by atoms with Gasteiger partial charge in [0, 0.05) is 25.6 Å². The number of hydrogen-bond acceptors (Lipinski definition) is 6. The largest absolute Gasteiger partial charge is 0.379 e. The first-order chi connectivity index (χ1) is 11.8. The molecule has 0 spiro atoms. The van der Waals surface area contributed by atoms with Crippen LogP contribution in [0.2, 0.25) is 0 Å². The van der Waals surface area contributed by atoms with Gasteiger partial charge in [0.1, 0.15) is 6.61 Å². The van der Waals surface area contributed by atoms with E-state index in [2.05, 4.69) is 5.32 Å². The van der Waals surface area contributed by atoms with E-state index in [0.29, 0.717) is 52.7 Å². The standard InChI is InChI=1S/C16H33ClN2O5/c17-5-3-1-2-4-8-21-11-12-23-10-7-19-16(20)15-24-14-13-22-9-6-18/h1-15,18H2,(H,19,20). The Kier molecular flexibility index (Phi) is 20.2. The Morgan fingerprint density at radius 1 is 0.792 bits per heavy atom. The zero-order valence-electron chi connectivity index (χ0n) is 14.6. The number of amides is 1. The number of alkyl halides is 1. The molecule has 0 radical (unpaired) electrons. The minimum atomic E-state index is -0.161. The predicted molar refractivity (Wildman–Crippen MR) is 94.5 cm³/mol. The monoisotopic (exact) mass is 368 g/mol. The van der Waals surface area contributed by atoms with E-state index in [1.807, 2.05) is 0 Å². The van der Waals surface area contributed by atoms with Crippen molar-refractivity contribution in [2.75, 3.05) is 71.8 Å². The molecule has 0 aromatic rings. The number of hydrogen-bond donors (Lipinski definition) is 2. The van der Waals surface area contributed by atoms with E-state index in [4.69, 9.17) is 36.3 Å². The molecule has 0 rings (SSSR count). The van der Waals surface area contributed by atoms with Crippen molar-refractivity contribution in [3.63, 3.8) is 0 Å². The van der Waals surface area contributed by atoms with E-state index in [1.165, 1.54) is 0 Å². The van der Waals surface area contributed by atoms with Crippen molar-refractivity contribution in [1.29, 1.82) is 0 Å². The molecule has 8 heteroatoms. The van der Waals surface area contributed by atoms with Crippen LogP contribution in [0, 0.1) is 0 Å². The zero-order valence-corrected chi connectivity index (χ0v) is 15.4. The fraction of sp³-hybridized carbons (Fsp3) is 0.938. The summed E-state index contributed by atoms with van der Waals surface area (Å²) >= 11 is 5.60. The lowest BCUT2D eigenvalue weighted by Crippen LogP contribution is -2.31. The van der Waals surface area contributed by atoms with Gasteiger partial charge in [-0.05, 0) is 12.8 Å². The lowest BCUT2D eigenvalue weighted by atomic mass is 10.2. The predicted octanol–water partition coefficient (Wildman–Crippen LogP) is 0.927. The second-order valence-electron chi connectivity index (χ2n) is 5.13. The number of carbonyl (C=O) groups excluding carboxylic acids is 1. The number of nitrogens with one attached hydrogen (secondary N) is 1. The molecule has 24 heavy (non-hydrogen) atoms. The Balaban J connectivity index is 3.11. The molecule has 0 fully saturated rings. The average Bonchev–Trinajstić information content (AvgIpc) is 2.59. The molecule has 0 aliphatic rings. The van der Waals surface area contributed by atoms with Crippen LogP contribution in [0.15, 0.2) is 0 Å². The molecule has 144 valence electrons. The lowest BCUT2D eigenvalue weighted by Gasteiger charge is -2.08. The summed E-state index contributed by atoms with van der Waals surface area (Å²) in [6, 6.07) is 0. The van der Waals surface area contributed by atoms with Gasteiger partial charge in [-0.3, -0.25) is 4.79 Å². The summed E-state index contributed by atoms with van der Waals surface area (Å²) in [6.45, 7) is 4.64. The number of unbranched alkanes of at least 4 members (excludes halogenated alkanes) is 3. The SMILES string of the molecule is NCCOCCOCC(=O)NCCOCCOCCCCCCCl. The fourth-order valence-corrected chi connectivity index (χ4v) is 1.94. The van der Waals surface area contributed by atoms with Gasteiger partial charge < -0.3 is 30.0 Å². The molecule has 0 saturated heterocycles. The van der Waals surface area contributed by atoms with Gasteiger partial charge in [-0.25, -0.2) is 0 Å². The lowest BCUT2D eigenvalue weighted by molar-refractivity contribution is -0.126. The Morgan fingerprint density at radius 2 is 1.42 bits per heavy atom. The number of rotatable bonds is 19. The van der Waals surface area contributed by atoms with Gasteiger partial charge in [0.2, 0.25) is 5.91 Å². The molecule has 0 heterocycles. The van der Waals surface area contributed by atoms with Gasteiger partial charge in [-0.1, -0.05) is 12.8 Å². The molecule has 0 aliphatic heterocycles. The van der Waals surface area contributed by atoms with E-state index in [0.717, 1.165) is 38.2 Å². The second-order valence-corrected chi connectivity index (χ2v) is 5.51. The first-order valence-corrected chi connectivity index (χ1v) is 9.18. The van der Waals surface area contributed by atoms with E-state index in [9.17, 15) is 4.79 Å². The molecular formula is C16H33ClN2O5. The van der Waals surface area contributed by atoms with Crippen molar-refractivity contribution >= 4 is 17.5 Å². The summed E-state index contributed by atoms with van der Waals surface area (Å²) in [5.41, 5.74) is 5.27. The molecule has 0 aliphatic carbocycles. The van der Waals surface area contributed by atoms with Gasteiger partial charge in [0.05, 0.1) is 39.6 Å². The summed E-state index contributed by atoms with van der Waals surface area (Å²) in [6.07, 6.45) is 4.45. The maximum absolute atomic E-state index is 11.4. The van der Waals surface area contributed by atoms with E-state index in [1.54, 1.807) is 0 Å². The number of halogens is 1. The van der Waals surface area contributed by atoms with Crippen LogP contribution in [0.5, 0.6) is 0 Å². The van der Waals surface area contributed by atoms with Gasteiger partial charge in [-0.2, -0.15) is 0 Å². The molecule has 7 nitrogen and oxygen atoms in total. The van der Waals surface area contributed by atoms with Crippen LogP contribution in [0.4, 0.5) is 0 Å². The summed E-state index contributed by atoms with van der Waals surface area (Å²) < 4.78 is 21.1. The quantitative estimate of drug-likeness (QED) is 0.260. The highest BCUT2D eigenvalue weighted by atomic mass is 35.5. The summed E-state index contributed by atoms with van der Waals surface area (Å²) in [4.78, 5) is 11.4. The van der Waals surface area contributed by atoms with Crippen LogP contribution in [0.1, 0.15) is 25.7 Å². The molecular weight excluding hydrogens is 336 g/mol. The zero-order chi connectivity index (χ0) is 17.7. The molecule has 3 N–H and O–H groups in total. The normalized spacial score (nSPS) is 10.9. The topological polar surface area (TPSA) is 92.0 Å². The summed E-state index contributed by atoms with van der Waals surface area (Å²) in [5.74, 6) is 0.575. The van der Waals surface area contributed by atoms with Gasteiger partial charge >= 0.3 is 0 Å². The van der Waals surface area contributed by atoms with E-state index in [-0.39, 0.29) is 12.5 Å². The third-order valence-corrected chi connectivity index (χ3v) is 3.25. The summed E-state index contributed by atoms with van der Waals surface area (Å²) in [7, 11) is 0. The van der Waals surface area contributed by atoms with Crippen LogP contribution in [0.25, 0.3) is 0 Å². The minimum Gasteiger partial charge on any atom is -0.379 e. The molecule has 1 amide bonds. The van der Waals surface area contributed by atoms with Crippen molar-refractivity contribution < 1.29 is 23.7 Å². The Morgan fingerprint density at radius 3 is 2.12 bits per heavy atom. The van der Waals surface area contributed by atoms with Crippen LogP contribution in [-0.4, -0.2) is 77.7 Å². The molecule has 0 aromatic carbocycles. The smallest absolute Gasteiger partial charge is 0.246 e. The van der Waals surface area contributed by atoms with Crippen LogP contribution >= 0.6 is 11.6 Å². The van der Waals surface area contributed by atoms with Crippen LogP contribution in [0.3, 0.4) is 0 Å². The third kappa shape index (κ3) is 19.6. The molecule has 0 unspecified atom stereocenters. The van der Waals surface area contributed by atoms with Crippen molar-refractivity contribution in [2.24, 2.45) is 5.73 Å². The highest BCUT2D eigenvalue weighted by Crippen LogP contribution is 2.00. The Bertz CT molecular complexity index is 273. The van der Waals surface area contributed by atoms with Gasteiger partial charge in [0.25, 0.3) is 0 Å². The van der Waals surface area contributed by atoms with Gasteiger partial charge in [0.15, 0.2) is 0 Å². The van der Waals surface area contributed by atoms with E-state index < -0.39 is 0 Å². The molecule has 0 aromatic heterocycles. The Hall–Kier alpha value is -0.440. The summed E-state index contributed by atoms with van der Waals surface area (Å²) in [5, 5.41) is 2.71. The number of carbonyl (C=O) groups is 1. The van der Waals surface area contributed by atoms with Crippen LogP contribution in [-0.2, 0) is 23.7 Å². The minimum absolute atomic E-state index is 0.0266. The number of ether oxygens (including phenoxy) is 4. The first-order valence-electron chi connectivity index (χ1n) is 8.65. The van der Waals surface area contributed by atoms with Crippen molar-refractivity contribution in [3.05, 3.63) is 0 Å². The molecule has 0 bridgehead atoms. The van der Waals surface area contributed by atoms with E-state index >= 15 is 0 Å². The maximum atomic E-state index is 11.4. The van der Waals surface area contributed by atoms with Crippen molar-refractivity contribution in [2.45, 2.75) is 25.7 Å². The van der Waals surface area contributed by atoms with Gasteiger partial charge in [-0.15, -0.1) is 11.6 Å². The van der Waals surface area contributed by atoms with Crippen molar-refractivity contribution in [1.82, 2.24) is 5.32 Å². The highest BCUT2D eigenvalue weighted by Gasteiger charge is 2.00. The van der Waals surface area contributed by atoms with Crippen molar-refractivity contribution in [3.8, 4) is 0 Å². The number of nitrogens with two attached hydrogens (primary N) is 1. The maximum Gasteiger partial charge on any atom is 0.246 e.